The molecule has 24 heavy (non-hydrogen) atoms. The van der Waals surface area contributed by atoms with Gasteiger partial charge in [-0.3, -0.25) is 0 Å². The van der Waals surface area contributed by atoms with Crippen LogP contribution in [0.1, 0.15) is 5.56 Å². The quantitative estimate of drug-likeness (QED) is 0.419. The number of aromatic nitrogens is 1. The Bertz CT molecular complexity index is 974. The molecule has 0 spiro atoms. The van der Waals surface area contributed by atoms with Crippen LogP contribution < -0.4 is 9.47 Å². The molecular weight excluding hydrogens is 408 g/mol. The lowest BCUT2D eigenvalue weighted by Gasteiger charge is -2.03. The van der Waals surface area contributed by atoms with Crippen molar-refractivity contribution in [2.45, 2.75) is 4.34 Å². The van der Waals surface area contributed by atoms with Gasteiger partial charge < -0.3 is 9.47 Å². The Balaban J connectivity index is 1.66. The van der Waals surface area contributed by atoms with Crippen molar-refractivity contribution in [3.8, 4) is 17.6 Å². The Morgan fingerprint density at radius 2 is 2.08 bits per heavy atom. The van der Waals surface area contributed by atoms with Gasteiger partial charge >= 0.3 is 0 Å². The highest BCUT2D eigenvalue weighted by Gasteiger charge is 2.16. The minimum Gasteiger partial charge on any atom is -0.454 e. The fourth-order valence-electron chi connectivity index (χ4n) is 2.26. The largest absolute Gasteiger partial charge is 0.454 e. The molecule has 3 aromatic rings. The molecule has 0 aliphatic carbocycles. The molecule has 0 saturated heterocycles. The van der Waals surface area contributed by atoms with Crippen molar-refractivity contribution in [2.24, 2.45) is 0 Å². The summed E-state index contributed by atoms with van der Waals surface area (Å²) in [7, 11) is 0. The standard InChI is InChI=1S/C17H9BrN2O2S2/c18-12-7-15-14(21-9-22-15)6-10(12)5-11(8-19)23-17-20-13-3-1-2-4-16(13)24-17/h1-7H,9H2. The number of hydrogen-bond acceptors (Lipinski definition) is 6. The predicted molar refractivity (Wildman–Crippen MR) is 99.3 cm³/mol. The predicted octanol–water partition coefficient (Wildman–Crippen LogP) is 5.44. The molecule has 7 heteroatoms. The normalized spacial score (nSPS) is 13.2. The van der Waals surface area contributed by atoms with Crippen LogP contribution >= 0.6 is 39.0 Å². The molecule has 2 heterocycles. The second-order valence-electron chi connectivity index (χ2n) is 4.90. The zero-order chi connectivity index (χ0) is 16.5. The summed E-state index contributed by atoms with van der Waals surface area (Å²) in [6, 6.07) is 13.9. The lowest BCUT2D eigenvalue weighted by atomic mass is 10.2. The maximum absolute atomic E-state index is 9.47. The fourth-order valence-corrected chi connectivity index (χ4v) is 4.66. The SMILES string of the molecule is N#CC(=Cc1cc2c(cc1Br)OCO2)Sc1nc2ccccc2s1. The fraction of sp³-hybridized carbons (Fsp3) is 0.0588. The maximum atomic E-state index is 9.47. The first-order valence-corrected chi connectivity index (χ1v) is 9.40. The van der Waals surface area contributed by atoms with Crippen molar-refractivity contribution in [3.05, 3.63) is 51.3 Å². The average Bonchev–Trinajstić information content (AvgIpc) is 3.19. The first-order chi connectivity index (χ1) is 11.7. The van der Waals surface area contributed by atoms with Crippen molar-refractivity contribution >= 4 is 55.3 Å². The highest BCUT2D eigenvalue weighted by molar-refractivity contribution is 9.10. The van der Waals surface area contributed by atoms with Crippen molar-refractivity contribution in [3.63, 3.8) is 0 Å². The highest BCUT2D eigenvalue weighted by atomic mass is 79.9. The van der Waals surface area contributed by atoms with Crippen LogP contribution in [0.4, 0.5) is 0 Å². The molecule has 1 aromatic heterocycles. The summed E-state index contributed by atoms with van der Waals surface area (Å²) >= 11 is 6.45. The minimum absolute atomic E-state index is 0.223. The Morgan fingerprint density at radius 1 is 1.29 bits per heavy atom. The first kappa shape index (κ1) is 15.5. The number of allylic oxidation sites excluding steroid dienone is 1. The monoisotopic (exact) mass is 416 g/mol. The molecule has 0 bridgehead atoms. The van der Waals surface area contributed by atoms with E-state index >= 15 is 0 Å². The molecule has 0 radical (unpaired) electrons. The van der Waals surface area contributed by atoms with E-state index in [-0.39, 0.29) is 6.79 Å². The molecule has 2 aromatic carbocycles. The topological polar surface area (TPSA) is 55.1 Å². The van der Waals surface area contributed by atoms with Crippen LogP contribution in [0.25, 0.3) is 16.3 Å². The minimum atomic E-state index is 0.223. The van der Waals surface area contributed by atoms with Crippen LogP contribution in [-0.2, 0) is 0 Å². The van der Waals surface area contributed by atoms with E-state index < -0.39 is 0 Å². The van der Waals surface area contributed by atoms with E-state index in [0.29, 0.717) is 16.4 Å². The summed E-state index contributed by atoms with van der Waals surface area (Å²) in [6.45, 7) is 0.223. The zero-order valence-corrected chi connectivity index (χ0v) is 15.4. The Labute approximate surface area is 154 Å². The number of ether oxygens (including phenoxy) is 2. The van der Waals surface area contributed by atoms with Crippen molar-refractivity contribution in [1.29, 1.82) is 5.26 Å². The van der Waals surface area contributed by atoms with E-state index in [0.717, 1.165) is 24.6 Å². The van der Waals surface area contributed by atoms with E-state index in [4.69, 9.17) is 9.47 Å². The van der Waals surface area contributed by atoms with Crippen molar-refractivity contribution in [1.82, 2.24) is 4.98 Å². The van der Waals surface area contributed by atoms with Crippen molar-refractivity contribution < 1.29 is 9.47 Å². The lowest BCUT2D eigenvalue weighted by molar-refractivity contribution is 0.174. The smallest absolute Gasteiger partial charge is 0.231 e. The van der Waals surface area contributed by atoms with Gasteiger partial charge in [0.05, 0.1) is 15.1 Å². The molecule has 0 N–H and O–H groups in total. The maximum Gasteiger partial charge on any atom is 0.231 e. The number of benzene rings is 2. The molecule has 4 nitrogen and oxygen atoms in total. The zero-order valence-electron chi connectivity index (χ0n) is 12.2. The van der Waals surface area contributed by atoms with Gasteiger partial charge in [0.1, 0.15) is 6.07 Å². The van der Waals surface area contributed by atoms with E-state index in [9.17, 15) is 5.26 Å². The van der Waals surface area contributed by atoms with Crippen LogP contribution in [0.15, 0.2) is 50.1 Å². The number of hydrogen-bond donors (Lipinski definition) is 0. The Hall–Kier alpha value is -2.01. The third-order valence-electron chi connectivity index (χ3n) is 3.36. The molecule has 118 valence electrons. The Kier molecular flexibility index (Phi) is 4.19. The summed E-state index contributed by atoms with van der Waals surface area (Å²) in [6.07, 6.45) is 1.82. The van der Waals surface area contributed by atoms with Gasteiger partial charge in [-0.05, 0) is 47.7 Å². The van der Waals surface area contributed by atoms with E-state index in [1.54, 1.807) is 11.3 Å². The number of halogens is 1. The van der Waals surface area contributed by atoms with Gasteiger partial charge in [-0.2, -0.15) is 5.26 Å². The highest BCUT2D eigenvalue weighted by Crippen LogP contribution is 2.39. The number of nitriles is 1. The number of thiazole rings is 1. The van der Waals surface area contributed by atoms with Gasteiger partial charge in [0.2, 0.25) is 6.79 Å². The van der Waals surface area contributed by atoms with Crippen LogP contribution in [0.2, 0.25) is 0 Å². The van der Waals surface area contributed by atoms with Crippen molar-refractivity contribution in [2.75, 3.05) is 6.79 Å². The van der Waals surface area contributed by atoms with Crippen LogP contribution in [-0.4, -0.2) is 11.8 Å². The van der Waals surface area contributed by atoms with E-state index in [1.807, 2.05) is 42.5 Å². The summed E-state index contributed by atoms with van der Waals surface area (Å²) in [5.41, 5.74) is 1.82. The molecule has 0 amide bonds. The first-order valence-electron chi connectivity index (χ1n) is 6.97. The van der Waals surface area contributed by atoms with Gasteiger partial charge in [0.15, 0.2) is 15.8 Å². The number of fused-ring (bicyclic) bond motifs is 2. The Morgan fingerprint density at radius 3 is 2.88 bits per heavy atom. The second-order valence-corrected chi connectivity index (χ2v) is 8.07. The molecule has 1 aliphatic rings. The van der Waals surface area contributed by atoms with Gasteiger partial charge in [0.25, 0.3) is 0 Å². The third kappa shape index (κ3) is 3.00. The van der Waals surface area contributed by atoms with Gasteiger partial charge in [-0.25, -0.2) is 4.98 Å². The number of nitrogens with zero attached hydrogens (tertiary/aromatic N) is 2. The number of para-hydroxylation sites is 1. The van der Waals surface area contributed by atoms with E-state index in [2.05, 4.69) is 27.0 Å². The van der Waals surface area contributed by atoms with Gasteiger partial charge in [-0.15, -0.1) is 11.3 Å². The van der Waals surface area contributed by atoms with Crippen LogP contribution in [0.5, 0.6) is 11.5 Å². The average molecular weight is 417 g/mol. The third-order valence-corrected chi connectivity index (χ3v) is 6.07. The molecule has 0 unspecified atom stereocenters. The molecule has 0 saturated carbocycles. The van der Waals surface area contributed by atoms with Crippen LogP contribution in [0.3, 0.4) is 0 Å². The summed E-state index contributed by atoms with van der Waals surface area (Å²) in [4.78, 5) is 5.12. The molecule has 0 fully saturated rings. The second kappa shape index (κ2) is 6.48. The van der Waals surface area contributed by atoms with Gasteiger partial charge in [0, 0.05) is 4.47 Å². The number of rotatable bonds is 3. The molecule has 0 atom stereocenters. The number of thioether (sulfide) groups is 1. The lowest BCUT2D eigenvalue weighted by Crippen LogP contribution is -1.92. The summed E-state index contributed by atoms with van der Waals surface area (Å²) < 4.78 is 13.6. The van der Waals surface area contributed by atoms with E-state index in [1.165, 1.54) is 11.8 Å². The summed E-state index contributed by atoms with van der Waals surface area (Å²) in [5.74, 6) is 1.39. The molecular formula is C17H9BrN2O2S2. The summed E-state index contributed by atoms with van der Waals surface area (Å²) in [5, 5.41) is 9.47. The molecule has 1 aliphatic heterocycles. The van der Waals surface area contributed by atoms with Gasteiger partial charge in [-0.1, -0.05) is 28.1 Å². The van der Waals surface area contributed by atoms with Crippen LogP contribution in [0, 0.1) is 11.3 Å². The molecule has 4 rings (SSSR count).